The fraction of sp³-hybridized carbons (Fsp3) is 0.467. The van der Waals surface area contributed by atoms with E-state index in [2.05, 4.69) is 10.6 Å². The summed E-state index contributed by atoms with van der Waals surface area (Å²) in [6.45, 7) is 1.60. The number of esters is 2. The van der Waals surface area contributed by atoms with Crippen LogP contribution in [0.2, 0.25) is 0 Å². The number of ether oxygens (including phenoxy) is 2. The topological polar surface area (TPSA) is 111 Å². The zero-order chi connectivity index (χ0) is 28.7. The Bertz CT molecular complexity index is 1010. The Labute approximate surface area is 245 Å². The number of hydrogen-bond donors (Lipinski definition) is 2. The monoisotopic (exact) mass is 588 g/mol. The molecular weight excluding hydrogens is 548 g/mol. The van der Waals surface area contributed by atoms with Crippen molar-refractivity contribution in [1.82, 2.24) is 10.6 Å². The normalized spacial score (nSPS) is 10.5. The highest BCUT2D eigenvalue weighted by Crippen LogP contribution is 2.22. The largest absolute Gasteiger partial charge is 0.461 e. The summed E-state index contributed by atoms with van der Waals surface area (Å²) < 4.78 is 10.5. The van der Waals surface area contributed by atoms with E-state index >= 15 is 0 Å². The SMILES string of the molecule is O=C(CCSSCCC(=O)NCCCC(=O)OCc1ccccc1)NCCCCCC(=O)OCc1ccccc1. The van der Waals surface area contributed by atoms with Crippen LogP contribution in [-0.2, 0) is 41.9 Å². The van der Waals surface area contributed by atoms with Gasteiger partial charge in [0.15, 0.2) is 0 Å². The lowest BCUT2D eigenvalue weighted by Crippen LogP contribution is -2.25. The average molecular weight is 589 g/mol. The highest BCUT2D eigenvalue weighted by atomic mass is 33.1. The van der Waals surface area contributed by atoms with Gasteiger partial charge in [-0.05, 0) is 30.4 Å². The minimum atomic E-state index is -0.272. The van der Waals surface area contributed by atoms with Gasteiger partial charge in [-0.15, -0.1) is 0 Å². The van der Waals surface area contributed by atoms with E-state index in [1.54, 1.807) is 21.6 Å². The van der Waals surface area contributed by atoms with Crippen molar-refractivity contribution in [3.63, 3.8) is 0 Å². The van der Waals surface area contributed by atoms with Crippen LogP contribution in [0.25, 0.3) is 0 Å². The Morgan fingerprint density at radius 3 is 1.50 bits per heavy atom. The molecule has 0 aliphatic carbocycles. The van der Waals surface area contributed by atoms with Gasteiger partial charge in [-0.1, -0.05) is 88.7 Å². The molecule has 0 atom stereocenters. The van der Waals surface area contributed by atoms with Crippen molar-refractivity contribution in [2.24, 2.45) is 0 Å². The van der Waals surface area contributed by atoms with Gasteiger partial charge in [-0.25, -0.2) is 0 Å². The standard InChI is InChI=1S/C30H40N2O6S2/c33-27(31-19-9-3-8-15-29(35)37-23-25-11-4-1-5-12-25)17-21-39-40-22-18-28(34)32-20-10-16-30(36)38-24-26-13-6-2-7-14-26/h1-2,4-7,11-14H,3,8-10,15-24H2,(H,31,33)(H,32,34). The summed E-state index contributed by atoms with van der Waals surface area (Å²) in [4.78, 5) is 47.4. The Balaban J connectivity index is 1.32. The van der Waals surface area contributed by atoms with Crippen LogP contribution < -0.4 is 10.6 Å². The molecule has 8 nitrogen and oxygen atoms in total. The maximum atomic E-state index is 11.9. The summed E-state index contributed by atoms with van der Waals surface area (Å²) in [5.74, 6) is 0.826. The Morgan fingerprint density at radius 2 is 1.00 bits per heavy atom. The lowest BCUT2D eigenvalue weighted by Gasteiger charge is -2.07. The number of carbonyl (C=O) groups excluding carboxylic acids is 4. The van der Waals surface area contributed by atoms with Crippen LogP contribution >= 0.6 is 21.6 Å². The minimum absolute atomic E-state index is 0.00964. The third kappa shape index (κ3) is 17.6. The molecule has 0 bridgehead atoms. The first-order chi connectivity index (χ1) is 19.5. The molecule has 40 heavy (non-hydrogen) atoms. The molecule has 0 fully saturated rings. The Kier molecular flexibility index (Phi) is 18.1. The quantitative estimate of drug-likeness (QED) is 0.116. The third-order valence-electron chi connectivity index (χ3n) is 5.65. The molecule has 0 aromatic heterocycles. The molecule has 0 heterocycles. The van der Waals surface area contributed by atoms with Crippen molar-refractivity contribution < 1.29 is 28.7 Å². The average Bonchev–Trinajstić information content (AvgIpc) is 2.97. The summed E-state index contributed by atoms with van der Waals surface area (Å²) >= 11 is 0. The van der Waals surface area contributed by atoms with E-state index in [4.69, 9.17) is 9.47 Å². The van der Waals surface area contributed by atoms with E-state index in [1.807, 2.05) is 60.7 Å². The van der Waals surface area contributed by atoms with Crippen molar-refractivity contribution in [2.45, 2.75) is 64.6 Å². The summed E-state index contributed by atoms with van der Waals surface area (Å²) in [5.41, 5.74) is 1.92. The highest BCUT2D eigenvalue weighted by molar-refractivity contribution is 8.76. The fourth-order valence-corrected chi connectivity index (χ4v) is 5.42. The lowest BCUT2D eigenvalue weighted by molar-refractivity contribution is -0.146. The first-order valence-corrected chi connectivity index (χ1v) is 16.2. The zero-order valence-corrected chi connectivity index (χ0v) is 24.6. The zero-order valence-electron chi connectivity index (χ0n) is 22.9. The molecule has 0 spiro atoms. The molecular formula is C30H40N2O6S2. The van der Waals surface area contributed by atoms with Crippen LogP contribution in [0.1, 0.15) is 62.5 Å². The van der Waals surface area contributed by atoms with Gasteiger partial charge in [0.25, 0.3) is 0 Å². The summed E-state index contributed by atoms with van der Waals surface area (Å²) in [7, 11) is 3.15. The molecule has 10 heteroatoms. The maximum absolute atomic E-state index is 11.9. The molecule has 0 aliphatic heterocycles. The number of hydrogen-bond acceptors (Lipinski definition) is 8. The molecule has 0 unspecified atom stereocenters. The summed E-state index contributed by atoms with van der Waals surface area (Å²) in [6, 6.07) is 19.1. The second-order valence-corrected chi connectivity index (χ2v) is 11.8. The molecule has 0 saturated heterocycles. The van der Waals surface area contributed by atoms with E-state index in [9.17, 15) is 19.2 Å². The molecule has 218 valence electrons. The second-order valence-electron chi connectivity index (χ2n) is 9.05. The van der Waals surface area contributed by atoms with Gasteiger partial charge >= 0.3 is 11.9 Å². The van der Waals surface area contributed by atoms with E-state index in [1.165, 1.54) is 0 Å². The van der Waals surface area contributed by atoms with E-state index < -0.39 is 0 Å². The second kappa shape index (κ2) is 21.8. The lowest BCUT2D eigenvalue weighted by atomic mass is 10.2. The fourth-order valence-electron chi connectivity index (χ4n) is 3.44. The molecule has 2 aromatic rings. The van der Waals surface area contributed by atoms with Gasteiger partial charge in [0.05, 0.1) is 0 Å². The van der Waals surface area contributed by atoms with E-state index in [-0.39, 0.29) is 36.8 Å². The minimum Gasteiger partial charge on any atom is -0.461 e. The van der Waals surface area contributed by atoms with Gasteiger partial charge in [0.1, 0.15) is 13.2 Å². The van der Waals surface area contributed by atoms with Gasteiger partial charge in [0, 0.05) is 50.3 Å². The molecule has 2 amide bonds. The van der Waals surface area contributed by atoms with Gasteiger partial charge in [-0.2, -0.15) is 0 Å². The first-order valence-electron chi connectivity index (χ1n) is 13.7. The number of carbonyl (C=O) groups is 4. The van der Waals surface area contributed by atoms with Crippen molar-refractivity contribution in [3.8, 4) is 0 Å². The van der Waals surface area contributed by atoms with Crippen LogP contribution in [0.15, 0.2) is 60.7 Å². The Morgan fingerprint density at radius 1 is 0.550 bits per heavy atom. The molecule has 0 radical (unpaired) electrons. The van der Waals surface area contributed by atoms with Crippen LogP contribution in [0.3, 0.4) is 0 Å². The maximum Gasteiger partial charge on any atom is 0.306 e. The van der Waals surface area contributed by atoms with Crippen LogP contribution in [0.4, 0.5) is 0 Å². The van der Waals surface area contributed by atoms with Crippen molar-refractivity contribution >= 4 is 45.3 Å². The van der Waals surface area contributed by atoms with Gasteiger partial charge in [-0.3, -0.25) is 19.2 Å². The molecule has 0 saturated carbocycles. The van der Waals surface area contributed by atoms with E-state index in [0.717, 1.165) is 30.4 Å². The number of rotatable bonds is 21. The molecule has 2 aromatic carbocycles. The smallest absolute Gasteiger partial charge is 0.306 e. The van der Waals surface area contributed by atoms with Crippen LogP contribution in [0, 0.1) is 0 Å². The van der Waals surface area contributed by atoms with Gasteiger partial charge < -0.3 is 20.1 Å². The molecule has 2 rings (SSSR count). The molecule has 0 aliphatic rings. The van der Waals surface area contributed by atoms with Crippen LogP contribution in [-0.4, -0.2) is 48.3 Å². The number of amides is 2. The predicted octanol–water partition coefficient (Wildman–Crippen LogP) is 5.21. The number of unbranched alkanes of at least 4 members (excludes halogenated alkanes) is 2. The van der Waals surface area contributed by atoms with E-state index in [0.29, 0.717) is 56.9 Å². The van der Waals surface area contributed by atoms with Crippen molar-refractivity contribution in [3.05, 3.63) is 71.8 Å². The van der Waals surface area contributed by atoms with Gasteiger partial charge in [0.2, 0.25) is 11.8 Å². The summed E-state index contributed by atoms with van der Waals surface area (Å²) in [6.07, 6.45) is 4.43. The number of nitrogens with one attached hydrogen (secondary N) is 2. The third-order valence-corrected chi connectivity index (χ3v) is 8.06. The highest BCUT2D eigenvalue weighted by Gasteiger charge is 2.07. The first kappa shape index (κ1) is 33.2. The van der Waals surface area contributed by atoms with Crippen molar-refractivity contribution in [1.29, 1.82) is 0 Å². The van der Waals surface area contributed by atoms with Crippen molar-refractivity contribution in [2.75, 3.05) is 24.6 Å². The van der Waals surface area contributed by atoms with Crippen LogP contribution in [0.5, 0.6) is 0 Å². The Hall–Kier alpha value is -2.98. The predicted molar refractivity (Wildman–Crippen MR) is 160 cm³/mol. The molecule has 2 N–H and O–H groups in total. The summed E-state index contributed by atoms with van der Waals surface area (Å²) in [5, 5.41) is 5.72. The number of benzene rings is 2.